The molecule has 3 rings (SSSR count). The molecule has 1 aromatic heterocycles. The summed E-state index contributed by atoms with van der Waals surface area (Å²) in [5, 5.41) is 3.57. The van der Waals surface area contributed by atoms with Crippen molar-refractivity contribution >= 4 is 28.6 Å². The molecule has 0 saturated heterocycles. The lowest BCUT2D eigenvalue weighted by atomic mass is 10.1. The maximum atomic E-state index is 12.2. The number of carbonyl (C=O) groups is 1. The second-order valence-electron chi connectivity index (χ2n) is 5.90. The Morgan fingerprint density at radius 3 is 2.72 bits per heavy atom. The third kappa shape index (κ3) is 3.94. The van der Waals surface area contributed by atoms with E-state index >= 15 is 0 Å². The molecule has 1 N–H and O–H groups in total. The van der Waals surface area contributed by atoms with Crippen molar-refractivity contribution in [3.63, 3.8) is 0 Å². The summed E-state index contributed by atoms with van der Waals surface area (Å²) in [6.07, 6.45) is 0.866. The van der Waals surface area contributed by atoms with Crippen LogP contribution in [0.25, 0.3) is 11.1 Å². The van der Waals surface area contributed by atoms with E-state index in [0.717, 1.165) is 11.1 Å². The lowest BCUT2D eigenvalue weighted by Gasteiger charge is -2.15. The molecule has 1 amide bonds. The van der Waals surface area contributed by atoms with Gasteiger partial charge in [0.1, 0.15) is 0 Å². The topological polar surface area (TPSA) is 64.2 Å². The highest BCUT2D eigenvalue weighted by molar-refractivity contribution is 6.31. The molecule has 5 nitrogen and oxygen atoms in total. The van der Waals surface area contributed by atoms with Crippen LogP contribution in [-0.2, 0) is 11.3 Å². The summed E-state index contributed by atoms with van der Waals surface area (Å²) in [7, 11) is 0. The third-order valence-electron chi connectivity index (χ3n) is 4.11. The van der Waals surface area contributed by atoms with E-state index in [-0.39, 0.29) is 11.9 Å². The summed E-state index contributed by atoms with van der Waals surface area (Å²) in [5.41, 5.74) is 2.19. The van der Waals surface area contributed by atoms with Gasteiger partial charge in [-0.15, -0.1) is 0 Å². The molecule has 0 saturated carbocycles. The number of para-hydroxylation sites is 2. The number of amides is 1. The lowest BCUT2D eigenvalue weighted by Crippen LogP contribution is -2.27. The van der Waals surface area contributed by atoms with Crippen molar-refractivity contribution in [2.75, 3.05) is 0 Å². The van der Waals surface area contributed by atoms with Crippen LogP contribution in [0.4, 0.5) is 0 Å². The van der Waals surface area contributed by atoms with Crippen molar-refractivity contribution in [2.24, 2.45) is 0 Å². The van der Waals surface area contributed by atoms with Crippen molar-refractivity contribution in [3.05, 3.63) is 69.7 Å². The van der Waals surface area contributed by atoms with E-state index in [1.54, 1.807) is 16.7 Å². The number of fused-ring (bicyclic) bond motifs is 1. The highest BCUT2D eigenvalue weighted by atomic mass is 35.5. The zero-order chi connectivity index (χ0) is 17.8. The zero-order valence-electron chi connectivity index (χ0n) is 13.9. The Kier molecular flexibility index (Phi) is 5.24. The van der Waals surface area contributed by atoms with E-state index in [4.69, 9.17) is 16.0 Å². The fourth-order valence-corrected chi connectivity index (χ4v) is 3.14. The zero-order valence-corrected chi connectivity index (χ0v) is 14.6. The van der Waals surface area contributed by atoms with Gasteiger partial charge in [0, 0.05) is 18.0 Å². The number of nitrogens with zero attached hydrogens (tertiary/aromatic N) is 1. The first-order valence-electron chi connectivity index (χ1n) is 8.18. The van der Waals surface area contributed by atoms with Crippen LogP contribution in [0.1, 0.15) is 31.4 Å². The molecule has 0 aliphatic carbocycles. The first-order valence-corrected chi connectivity index (χ1v) is 8.56. The number of aromatic nitrogens is 1. The van der Waals surface area contributed by atoms with Crippen molar-refractivity contribution in [2.45, 2.75) is 32.4 Å². The van der Waals surface area contributed by atoms with Crippen LogP contribution in [-0.4, -0.2) is 10.5 Å². The van der Waals surface area contributed by atoms with Crippen molar-refractivity contribution in [1.29, 1.82) is 0 Å². The van der Waals surface area contributed by atoms with E-state index in [9.17, 15) is 9.59 Å². The summed E-state index contributed by atoms with van der Waals surface area (Å²) in [6.45, 7) is 2.33. The van der Waals surface area contributed by atoms with Crippen LogP contribution in [0, 0.1) is 0 Å². The molecule has 1 heterocycles. The van der Waals surface area contributed by atoms with Gasteiger partial charge in [-0.25, -0.2) is 4.79 Å². The van der Waals surface area contributed by atoms with Gasteiger partial charge in [0.2, 0.25) is 5.91 Å². The van der Waals surface area contributed by atoms with Gasteiger partial charge in [0.05, 0.1) is 11.6 Å². The molecule has 1 unspecified atom stereocenters. The molecule has 0 fully saturated rings. The van der Waals surface area contributed by atoms with Crippen LogP contribution >= 0.6 is 11.6 Å². The number of rotatable bonds is 6. The standard InChI is InChI=1S/C19H19ClN2O3/c1-13(14-7-2-3-8-15(14)20)21-18(23)11-6-12-22-16-9-4-5-10-17(16)25-19(22)24/h2-5,7-10,13H,6,11-12H2,1H3,(H,21,23). The van der Waals surface area contributed by atoms with Gasteiger partial charge in [0.15, 0.2) is 5.58 Å². The molecule has 0 radical (unpaired) electrons. The molecule has 0 bridgehead atoms. The molecule has 1 atom stereocenters. The Balaban J connectivity index is 1.57. The molecule has 6 heteroatoms. The average Bonchev–Trinajstić information content (AvgIpc) is 2.91. The predicted octanol–water partition coefficient (Wildman–Crippen LogP) is 3.91. The summed E-state index contributed by atoms with van der Waals surface area (Å²) >= 11 is 6.15. The first-order chi connectivity index (χ1) is 12.1. The van der Waals surface area contributed by atoms with E-state index in [2.05, 4.69) is 5.32 Å². The second kappa shape index (κ2) is 7.57. The predicted molar refractivity (Wildman–Crippen MR) is 97.7 cm³/mol. The summed E-state index contributed by atoms with van der Waals surface area (Å²) in [6, 6.07) is 14.5. The highest BCUT2D eigenvalue weighted by Gasteiger charge is 2.13. The molecule has 0 aliphatic rings. The Bertz CT molecular complexity index is 945. The second-order valence-corrected chi connectivity index (χ2v) is 6.31. The largest absolute Gasteiger partial charge is 0.419 e. The Morgan fingerprint density at radius 1 is 1.20 bits per heavy atom. The van der Waals surface area contributed by atoms with E-state index in [0.29, 0.717) is 30.0 Å². The van der Waals surface area contributed by atoms with E-state index in [1.165, 1.54) is 0 Å². The van der Waals surface area contributed by atoms with E-state index in [1.807, 2.05) is 43.3 Å². The Hall–Kier alpha value is -2.53. The Labute approximate surface area is 150 Å². The SMILES string of the molecule is CC(NC(=O)CCCn1c(=O)oc2ccccc21)c1ccccc1Cl. The number of benzene rings is 2. The minimum atomic E-state index is -0.397. The minimum Gasteiger partial charge on any atom is -0.408 e. The average molecular weight is 359 g/mol. The van der Waals surface area contributed by atoms with Crippen LogP contribution < -0.4 is 11.1 Å². The van der Waals surface area contributed by atoms with Crippen LogP contribution in [0.3, 0.4) is 0 Å². The van der Waals surface area contributed by atoms with Gasteiger partial charge in [-0.05, 0) is 37.1 Å². The van der Waals surface area contributed by atoms with Crippen LogP contribution in [0.2, 0.25) is 5.02 Å². The molecule has 0 spiro atoms. The number of oxazole rings is 1. The summed E-state index contributed by atoms with van der Waals surface area (Å²) in [5.74, 6) is -0.473. The number of hydrogen-bond donors (Lipinski definition) is 1. The first kappa shape index (κ1) is 17.3. The molecular formula is C19H19ClN2O3. The third-order valence-corrected chi connectivity index (χ3v) is 4.45. The summed E-state index contributed by atoms with van der Waals surface area (Å²) < 4.78 is 6.74. The van der Waals surface area contributed by atoms with Gasteiger partial charge < -0.3 is 9.73 Å². The number of nitrogens with one attached hydrogen (secondary N) is 1. The fraction of sp³-hybridized carbons (Fsp3) is 0.263. The van der Waals surface area contributed by atoms with Gasteiger partial charge in [-0.3, -0.25) is 9.36 Å². The number of hydrogen-bond acceptors (Lipinski definition) is 3. The molecule has 3 aromatic rings. The number of aryl methyl sites for hydroxylation is 1. The maximum Gasteiger partial charge on any atom is 0.419 e. The van der Waals surface area contributed by atoms with Crippen molar-refractivity contribution in [3.8, 4) is 0 Å². The van der Waals surface area contributed by atoms with E-state index < -0.39 is 5.76 Å². The minimum absolute atomic E-state index is 0.0757. The van der Waals surface area contributed by atoms with Crippen LogP contribution in [0.5, 0.6) is 0 Å². The smallest absolute Gasteiger partial charge is 0.408 e. The van der Waals surface area contributed by atoms with Crippen LogP contribution in [0.15, 0.2) is 57.7 Å². The molecule has 0 aliphatic heterocycles. The quantitative estimate of drug-likeness (QED) is 0.726. The normalized spacial score (nSPS) is 12.2. The molecule has 25 heavy (non-hydrogen) atoms. The maximum absolute atomic E-state index is 12.2. The number of carbonyl (C=O) groups excluding carboxylic acids is 1. The highest BCUT2D eigenvalue weighted by Crippen LogP contribution is 2.22. The summed E-state index contributed by atoms with van der Waals surface area (Å²) in [4.78, 5) is 24.0. The molecule has 130 valence electrons. The van der Waals surface area contributed by atoms with Gasteiger partial charge >= 0.3 is 5.76 Å². The van der Waals surface area contributed by atoms with Gasteiger partial charge in [-0.2, -0.15) is 0 Å². The number of halogens is 1. The van der Waals surface area contributed by atoms with Crippen molar-refractivity contribution in [1.82, 2.24) is 9.88 Å². The fourth-order valence-electron chi connectivity index (χ4n) is 2.84. The monoisotopic (exact) mass is 358 g/mol. The molecule has 2 aromatic carbocycles. The molecular weight excluding hydrogens is 340 g/mol. The lowest BCUT2D eigenvalue weighted by molar-refractivity contribution is -0.121. The van der Waals surface area contributed by atoms with Crippen molar-refractivity contribution < 1.29 is 9.21 Å². The Morgan fingerprint density at radius 2 is 1.92 bits per heavy atom. The van der Waals surface area contributed by atoms with Gasteiger partial charge in [0.25, 0.3) is 0 Å². The van der Waals surface area contributed by atoms with Gasteiger partial charge in [-0.1, -0.05) is 41.9 Å².